The summed E-state index contributed by atoms with van der Waals surface area (Å²) in [5.41, 5.74) is 2.96. The van der Waals surface area contributed by atoms with E-state index < -0.39 is 0 Å². The van der Waals surface area contributed by atoms with E-state index in [1.165, 1.54) is 24.0 Å². The Morgan fingerprint density at radius 1 is 1.36 bits per heavy atom. The lowest BCUT2D eigenvalue weighted by Gasteiger charge is -2.76. The number of carbonyl (C=O) groups is 1. The fourth-order valence-corrected chi connectivity index (χ4v) is 5.37. The minimum atomic E-state index is -0.000156. The van der Waals surface area contributed by atoms with Crippen LogP contribution >= 0.6 is 0 Å². The molecule has 1 aromatic carbocycles. The van der Waals surface area contributed by atoms with E-state index in [2.05, 4.69) is 43.1 Å². The highest BCUT2D eigenvalue weighted by molar-refractivity contribution is 5.76. The van der Waals surface area contributed by atoms with E-state index in [1.54, 1.807) is 0 Å². The van der Waals surface area contributed by atoms with Crippen LogP contribution in [0.2, 0.25) is 0 Å². The maximum atomic E-state index is 12.7. The Bertz CT molecular complexity index is 588. The van der Waals surface area contributed by atoms with E-state index in [0.717, 1.165) is 6.42 Å². The molecule has 2 saturated heterocycles. The largest absolute Gasteiger partial charge is 0.466 e. The molecule has 2 heterocycles. The second-order valence-corrected chi connectivity index (χ2v) is 7.35. The third kappa shape index (κ3) is 1.69. The van der Waals surface area contributed by atoms with E-state index in [9.17, 15) is 4.79 Å². The second-order valence-electron chi connectivity index (χ2n) is 7.35. The first-order chi connectivity index (χ1) is 10.6. The smallest absolute Gasteiger partial charge is 0.311 e. The Morgan fingerprint density at radius 2 is 2.09 bits per heavy atom. The quantitative estimate of drug-likeness (QED) is 0.803. The number of carbonyl (C=O) groups excluding carboxylic acids is 1. The minimum absolute atomic E-state index is 0.000156. The summed E-state index contributed by atoms with van der Waals surface area (Å²) in [6.45, 7) is 4.49. The zero-order chi connectivity index (χ0) is 15.5. The number of ether oxygens (including phenoxy) is 1. The number of esters is 1. The number of fused-ring (bicyclic) bond motifs is 2. The first-order valence-corrected chi connectivity index (χ1v) is 8.54. The van der Waals surface area contributed by atoms with Crippen LogP contribution in [0.1, 0.15) is 43.2 Å². The van der Waals surface area contributed by atoms with E-state index in [1.807, 2.05) is 6.92 Å². The van der Waals surface area contributed by atoms with Crippen LogP contribution in [0.15, 0.2) is 24.3 Å². The predicted molar refractivity (Wildman–Crippen MR) is 85.7 cm³/mol. The summed E-state index contributed by atoms with van der Waals surface area (Å²) in [5.74, 6) is 1.04. The lowest BCUT2D eigenvalue weighted by Crippen LogP contribution is -2.83. The highest BCUT2D eigenvalue weighted by Crippen LogP contribution is 2.67. The molecule has 5 atom stereocenters. The molecule has 0 radical (unpaired) electrons. The van der Waals surface area contributed by atoms with Crippen LogP contribution in [-0.2, 0) is 9.53 Å². The molecule has 0 aromatic heterocycles. The van der Waals surface area contributed by atoms with E-state index in [0.29, 0.717) is 30.0 Å². The van der Waals surface area contributed by atoms with Gasteiger partial charge in [0.2, 0.25) is 0 Å². The molecule has 3 nitrogen and oxygen atoms in total. The van der Waals surface area contributed by atoms with Gasteiger partial charge < -0.3 is 4.74 Å². The van der Waals surface area contributed by atoms with Crippen LogP contribution in [0, 0.1) is 18.8 Å². The van der Waals surface area contributed by atoms with Gasteiger partial charge in [-0.2, -0.15) is 0 Å². The van der Waals surface area contributed by atoms with Crippen molar-refractivity contribution in [3.63, 3.8) is 0 Å². The Hall–Kier alpha value is -1.35. The van der Waals surface area contributed by atoms with Gasteiger partial charge in [-0.05, 0) is 51.6 Å². The van der Waals surface area contributed by atoms with Crippen molar-refractivity contribution in [3.8, 4) is 0 Å². The maximum absolute atomic E-state index is 12.7. The fourth-order valence-electron chi connectivity index (χ4n) is 5.37. The maximum Gasteiger partial charge on any atom is 0.311 e. The molecule has 4 fully saturated rings. The van der Waals surface area contributed by atoms with Crippen molar-refractivity contribution in [1.82, 2.24) is 4.90 Å². The monoisotopic (exact) mass is 299 g/mol. The second kappa shape index (κ2) is 4.82. The molecule has 2 bridgehead atoms. The third-order valence-electron chi connectivity index (χ3n) is 6.58. The van der Waals surface area contributed by atoms with E-state index >= 15 is 0 Å². The summed E-state index contributed by atoms with van der Waals surface area (Å²) >= 11 is 0. The first kappa shape index (κ1) is 14.3. The number of hydrogen-bond donors (Lipinski definition) is 0. The fraction of sp³-hybridized carbons (Fsp3) is 0.632. The molecule has 2 aliphatic heterocycles. The first-order valence-electron chi connectivity index (χ1n) is 8.54. The summed E-state index contributed by atoms with van der Waals surface area (Å²) < 4.78 is 5.44. The molecule has 22 heavy (non-hydrogen) atoms. The standard InChI is InChI=1S/C19H25NO2/c1-4-22-18(21)16-14(13-7-5-12(2)6-8-13)11-19-10-9-15(19)17(16)20(19)3/h5-8,14-17H,4,9-11H2,1-3H3. The van der Waals surface area contributed by atoms with E-state index in [-0.39, 0.29) is 11.9 Å². The molecule has 5 rings (SSSR count). The number of benzene rings is 1. The van der Waals surface area contributed by atoms with Crippen LogP contribution in [-0.4, -0.2) is 36.1 Å². The van der Waals surface area contributed by atoms with Gasteiger partial charge in [0.1, 0.15) is 0 Å². The Kier molecular flexibility index (Phi) is 3.12. The van der Waals surface area contributed by atoms with Crippen LogP contribution in [0.3, 0.4) is 0 Å². The van der Waals surface area contributed by atoms with E-state index in [4.69, 9.17) is 4.74 Å². The summed E-state index contributed by atoms with van der Waals surface area (Å²) in [6, 6.07) is 9.13. The van der Waals surface area contributed by atoms with Gasteiger partial charge in [0, 0.05) is 17.5 Å². The van der Waals surface area contributed by atoms with Crippen LogP contribution in [0.5, 0.6) is 0 Å². The third-order valence-corrected chi connectivity index (χ3v) is 6.58. The van der Waals surface area contributed by atoms with Gasteiger partial charge in [-0.25, -0.2) is 0 Å². The van der Waals surface area contributed by atoms with Crippen molar-refractivity contribution in [3.05, 3.63) is 35.4 Å². The molecule has 1 spiro atoms. The summed E-state index contributed by atoms with van der Waals surface area (Å²) in [6.07, 6.45) is 3.69. The zero-order valence-corrected chi connectivity index (χ0v) is 13.7. The van der Waals surface area contributed by atoms with Crippen LogP contribution in [0.4, 0.5) is 0 Å². The molecule has 0 N–H and O–H groups in total. The predicted octanol–water partition coefficient (Wildman–Crippen LogP) is 3.12. The topological polar surface area (TPSA) is 29.5 Å². The van der Waals surface area contributed by atoms with Gasteiger partial charge in [0.25, 0.3) is 0 Å². The molecule has 0 amide bonds. The van der Waals surface area contributed by atoms with Gasteiger partial charge in [-0.3, -0.25) is 9.69 Å². The lowest BCUT2D eigenvalue weighted by atomic mass is 9.43. The highest BCUT2D eigenvalue weighted by atomic mass is 16.5. The number of rotatable bonds is 3. The molecule has 1 aromatic rings. The Balaban J connectivity index is 1.69. The van der Waals surface area contributed by atoms with Crippen LogP contribution < -0.4 is 0 Å². The Labute approximate surface area is 132 Å². The molecule has 118 valence electrons. The van der Waals surface area contributed by atoms with Crippen molar-refractivity contribution >= 4 is 5.97 Å². The van der Waals surface area contributed by atoms with Crippen molar-refractivity contribution in [2.45, 2.75) is 50.6 Å². The number of nitrogens with zero attached hydrogens (tertiary/aromatic N) is 1. The van der Waals surface area contributed by atoms with Crippen molar-refractivity contribution in [2.75, 3.05) is 13.7 Å². The molecule has 2 aliphatic carbocycles. The lowest BCUT2D eigenvalue weighted by molar-refractivity contribution is -0.250. The summed E-state index contributed by atoms with van der Waals surface area (Å²) in [5, 5.41) is 0. The minimum Gasteiger partial charge on any atom is -0.466 e. The average molecular weight is 299 g/mol. The SMILES string of the molecule is CCOC(=O)C1C(c2ccc(C)cc2)CC23CCC2C1N3C. The van der Waals surface area contributed by atoms with Gasteiger partial charge in [0.05, 0.1) is 12.5 Å². The van der Waals surface area contributed by atoms with Gasteiger partial charge in [-0.1, -0.05) is 29.8 Å². The average Bonchev–Trinajstić information content (AvgIpc) is 2.49. The molecule has 4 aliphatic rings. The molecular formula is C19H25NO2. The van der Waals surface area contributed by atoms with Gasteiger partial charge in [-0.15, -0.1) is 0 Å². The van der Waals surface area contributed by atoms with Gasteiger partial charge >= 0.3 is 5.97 Å². The van der Waals surface area contributed by atoms with Crippen LogP contribution in [0.25, 0.3) is 0 Å². The summed E-state index contributed by atoms with van der Waals surface area (Å²) in [7, 11) is 2.21. The summed E-state index contributed by atoms with van der Waals surface area (Å²) in [4.78, 5) is 15.1. The van der Waals surface area contributed by atoms with Crippen molar-refractivity contribution in [2.24, 2.45) is 11.8 Å². The normalized spacial score (nSPS) is 39.4. The molecule has 2 saturated carbocycles. The number of hydrogen-bond acceptors (Lipinski definition) is 3. The van der Waals surface area contributed by atoms with Crippen molar-refractivity contribution in [1.29, 1.82) is 0 Å². The number of piperidine rings is 2. The molecule has 3 heteroatoms. The molecular weight excluding hydrogens is 274 g/mol. The molecule has 5 unspecified atom stereocenters. The zero-order valence-electron chi connectivity index (χ0n) is 13.7. The van der Waals surface area contributed by atoms with Crippen molar-refractivity contribution < 1.29 is 9.53 Å². The Morgan fingerprint density at radius 3 is 2.64 bits per heavy atom. The van der Waals surface area contributed by atoms with Gasteiger partial charge in [0.15, 0.2) is 0 Å². The number of aryl methyl sites for hydroxylation is 1. The highest BCUT2D eigenvalue weighted by Gasteiger charge is 2.71.